The highest BCUT2D eigenvalue weighted by Gasteiger charge is 2.45. The van der Waals surface area contributed by atoms with Crippen molar-refractivity contribution in [1.29, 1.82) is 0 Å². The third-order valence-corrected chi connectivity index (χ3v) is 5.05. The molecule has 2 aliphatic rings. The summed E-state index contributed by atoms with van der Waals surface area (Å²) in [6.07, 6.45) is 1.89. The zero-order valence-electron chi connectivity index (χ0n) is 15.5. The number of imide groups is 2. The van der Waals surface area contributed by atoms with Crippen LogP contribution in [0, 0.1) is 0 Å². The van der Waals surface area contributed by atoms with Gasteiger partial charge in [0.2, 0.25) is 11.8 Å². The Morgan fingerprint density at radius 1 is 1.10 bits per heavy atom. The van der Waals surface area contributed by atoms with Gasteiger partial charge in [0.1, 0.15) is 11.9 Å². The lowest BCUT2D eigenvalue weighted by Crippen LogP contribution is -2.54. The summed E-state index contributed by atoms with van der Waals surface area (Å²) in [5.41, 5.74) is 7.74. The van der Waals surface area contributed by atoms with Crippen LogP contribution in [-0.2, 0) is 22.7 Å². The Kier molecular flexibility index (Phi) is 4.81. The van der Waals surface area contributed by atoms with Crippen LogP contribution in [0.4, 0.5) is 5.82 Å². The van der Waals surface area contributed by atoms with Crippen LogP contribution in [0.1, 0.15) is 44.7 Å². The largest absolute Gasteiger partial charge is 0.384 e. The number of fused-ring (bicyclic) bond motifs is 1. The SMILES string of the molecule is Nc1ccc(CNCc2cccc3c2C(=O)N(C2CCC(=O)NC2=O)C3=O)cn1. The topological polar surface area (TPSA) is 134 Å². The Hall–Kier alpha value is -3.59. The first-order valence-corrected chi connectivity index (χ1v) is 9.20. The zero-order chi connectivity index (χ0) is 20.5. The van der Waals surface area contributed by atoms with E-state index in [4.69, 9.17) is 5.73 Å². The van der Waals surface area contributed by atoms with Crippen molar-refractivity contribution >= 4 is 29.4 Å². The Labute approximate surface area is 166 Å². The molecule has 2 aliphatic heterocycles. The summed E-state index contributed by atoms with van der Waals surface area (Å²) in [5, 5.41) is 5.42. The molecule has 9 nitrogen and oxygen atoms in total. The van der Waals surface area contributed by atoms with Gasteiger partial charge in [-0.05, 0) is 29.7 Å². The fourth-order valence-electron chi connectivity index (χ4n) is 3.61. The highest BCUT2D eigenvalue weighted by molar-refractivity contribution is 6.24. The van der Waals surface area contributed by atoms with Crippen LogP contribution in [0.15, 0.2) is 36.5 Å². The molecule has 148 valence electrons. The number of hydrogen-bond acceptors (Lipinski definition) is 7. The molecule has 1 fully saturated rings. The molecule has 0 radical (unpaired) electrons. The minimum Gasteiger partial charge on any atom is -0.384 e. The molecule has 0 spiro atoms. The highest BCUT2D eigenvalue weighted by atomic mass is 16.2. The Bertz CT molecular complexity index is 1020. The van der Waals surface area contributed by atoms with Gasteiger partial charge < -0.3 is 11.1 Å². The van der Waals surface area contributed by atoms with Crippen molar-refractivity contribution in [2.45, 2.75) is 32.0 Å². The van der Waals surface area contributed by atoms with Crippen LogP contribution in [0.25, 0.3) is 0 Å². The predicted molar refractivity (Wildman–Crippen MR) is 102 cm³/mol. The van der Waals surface area contributed by atoms with Crippen LogP contribution in [0.3, 0.4) is 0 Å². The van der Waals surface area contributed by atoms with Gasteiger partial charge in [0.15, 0.2) is 0 Å². The van der Waals surface area contributed by atoms with Gasteiger partial charge in [-0.15, -0.1) is 0 Å². The standard InChI is InChI=1S/C20H19N5O4/c21-15-6-4-11(9-23-15)8-22-10-12-2-1-3-13-17(12)20(29)25(19(13)28)14-5-7-16(26)24-18(14)27/h1-4,6,9,14,22H,5,7-8,10H2,(H2,21,23)(H,24,26,27). The molecule has 1 aromatic carbocycles. The zero-order valence-corrected chi connectivity index (χ0v) is 15.5. The predicted octanol–water partition coefficient (Wildman–Crippen LogP) is 0.355. The number of benzene rings is 1. The number of carbonyl (C=O) groups excluding carboxylic acids is 4. The first-order chi connectivity index (χ1) is 14.0. The number of carbonyl (C=O) groups is 4. The van der Waals surface area contributed by atoms with Crippen molar-refractivity contribution in [3.63, 3.8) is 0 Å². The van der Waals surface area contributed by atoms with Crippen molar-refractivity contribution < 1.29 is 19.2 Å². The third-order valence-electron chi connectivity index (χ3n) is 5.05. The lowest BCUT2D eigenvalue weighted by molar-refractivity contribution is -0.136. The quantitative estimate of drug-likeness (QED) is 0.624. The second-order valence-electron chi connectivity index (χ2n) is 6.98. The number of nitrogen functional groups attached to an aromatic ring is 1. The number of hydrogen-bond donors (Lipinski definition) is 3. The van der Waals surface area contributed by atoms with Gasteiger partial charge in [-0.25, -0.2) is 4.98 Å². The number of pyridine rings is 1. The van der Waals surface area contributed by atoms with E-state index < -0.39 is 29.7 Å². The Morgan fingerprint density at radius 2 is 1.93 bits per heavy atom. The first kappa shape index (κ1) is 18.8. The fourth-order valence-corrected chi connectivity index (χ4v) is 3.61. The van der Waals surface area contributed by atoms with E-state index in [1.54, 1.807) is 30.5 Å². The number of anilines is 1. The maximum atomic E-state index is 13.0. The van der Waals surface area contributed by atoms with Gasteiger partial charge >= 0.3 is 0 Å². The number of amides is 4. The third kappa shape index (κ3) is 3.47. The highest BCUT2D eigenvalue weighted by Crippen LogP contribution is 2.29. The van der Waals surface area contributed by atoms with Crippen molar-refractivity contribution in [1.82, 2.24) is 20.5 Å². The van der Waals surface area contributed by atoms with Gasteiger partial charge in [-0.2, -0.15) is 0 Å². The summed E-state index contributed by atoms with van der Waals surface area (Å²) in [6.45, 7) is 0.867. The van der Waals surface area contributed by atoms with Crippen LogP contribution in [0.5, 0.6) is 0 Å². The van der Waals surface area contributed by atoms with Crippen molar-refractivity contribution in [2.24, 2.45) is 0 Å². The minimum absolute atomic E-state index is 0.0911. The van der Waals surface area contributed by atoms with Gasteiger partial charge in [0.05, 0.1) is 11.1 Å². The molecule has 0 bridgehead atoms. The maximum absolute atomic E-state index is 13.0. The van der Waals surface area contributed by atoms with E-state index in [1.807, 2.05) is 6.07 Å². The smallest absolute Gasteiger partial charge is 0.262 e. The number of piperidine rings is 1. The van der Waals surface area contributed by atoms with Gasteiger partial charge in [0, 0.05) is 25.7 Å². The Balaban J connectivity index is 1.52. The van der Waals surface area contributed by atoms with Gasteiger partial charge in [-0.1, -0.05) is 18.2 Å². The molecule has 1 atom stereocenters. The molecule has 0 saturated carbocycles. The van der Waals surface area contributed by atoms with E-state index >= 15 is 0 Å². The molecule has 1 saturated heterocycles. The summed E-state index contributed by atoms with van der Waals surface area (Å²) < 4.78 is 0. The lowest BCUT2D eigenvalue weighted by atomic mass is 10.0. The number of aromatic nitrogens is 1. The molecule has 3 heterocycles. The van der Waals surface area contributed by atoms with Gasteiger partial charge in [-0.3, -0.25) is 29.4 Å². The molecular weight excluding hydrogens is 374 g/mol. The van der Waals surface area contributed by atoms with Crippen molar-refractivity contribution in [3.05, 3.63) is 58.8 Å². The summed E-state index contributed by atoms with van der Waals surface area (Å²) in [4.78, 5) is 54.4. The van der Waals surface area contributed by atoms with E-state index in [0.29, 0.717) is 30.0 Å². The average Bonchev–Trinajstić information content (AvgIpc) is 2.95. The molecule has 9 heteroatoms. The molecule has 0 aliphatic carbocycles. The lowest BCUT2D eigenvalue weighted by Gasteiger charge is -2.27. The van der Waals surface area contributed by atoms with Crippen LogP contribution in [0.2, 0.25) is 0 Å². The second kappa shape index (κ2) is 7.44. The molecule has 29 heavy (non-hydrogen) atoms. The van der Waals surface area contributed by atoms with E-state index in [-0.39, 0.29) is 18.4 Å². The number of rotatable bonds is 5. The number of nitrogens with one attached hydrogen (secondary N) is 2. The molecule has 1 unspecified atom stereocenters. The van der Waals surface area contributed by atoms with Crippen LogP contribution < -0.4 is 16.4 Å². The minimum atomic E-state index is -0.971. The van der Waals surface area contributed by atoms with E-state index in [1.165, 1.54) is 0 Å². The molecule has 4 amide bonds. The molecule has 1 aromatic heterocycles. The van der Waals surface area contributed by atoms with Gasteiger partial charge in [0.25, 0.3) is 11.8 Å². The average molecular weight is 393 g/mol. The summed E-state index contributed by atoms with van der Waals surface area (Å²) in [7, 11) is 0. The molecular formula is C20H19N5O4. The van der Waals surface area contributed by atoms with Crippen LogP contribution >= 0.6 is 0 Å². The first-order valence-electron chi connectivity index (χ1n) is 9.20. The Morgan fingerprint density at radius 3 is 2.66 bits per heavy atom. The van der Waals surface area contributed by atoms with E-state index in [9.17, 15) is 19.2 Å². The number of nitrogens with zero attached hydrogens (tertiary/aromatic N) is 2. The number of nitrogens with two attached hydrogens (primary N) is 1. The van der Waals surface area contributed by atoms with Crippen molar-refractivity contribution in [2.75, 3.05) is 5.73 Å². The van der Waals surface area contributed by atoms with Crippen LogP contribution in [-0.4, -0.2) is 39.6 Å². The second-order valence-corrected chi connectivity index (χ2v) is 6.98. The molecule has 2 aromatic rings. The summed E-state index contributed by atoms with van der Waals surface area (Å²) in [5.74, 6) is -1.60. The maximum Gasteiger partial charge on any atom is 0.262 e. The van der Waals surface area contributed by atoms with E-state index in [2.05, 4.69) is 15.6 Å². The monoisotopic (exact) mass is 393 g/mol. The molecule has 4 rings (SSSR count). The van der Waals surface area contributed by atoms with Crippen molar-refractivity contribution in [3.8, 4) is 0 Å². The van der Waals surface area contributed by atoms with E-state index in [0.717, 1.165) is 10.5 Å². The summed E-state index contributed by atoms with van der Waals surface area (Å²) >= 11 is 0. The summed E-state index contributed by atoms with van der Waals surface area (Å²) in [6, 6.07) is 7.64. The molecule has 4 N–H and O–H groups in total. The fraction of sp³-hybridized carbons (Fsp3) is 0.250. The normalized spacial score (nSPS) is 18.8.